The second-order valence-electron chi connectivity index (χ2n) is 4.58. The number of pyridine rings is 1. The fraction of sp³-hybridized carbons (Fsp3) is 0.200. The fourth-order valence-corrected chi connectivity index (χ4v) is 2.20. The zero-order chi connectivity index (χ0) is 13.4. The average Bonchev–Trinajstić information content (AvgIpc) is 2.84. The Bertz CT molecular complexity index is 746. The van der Waals surface area contributed by atoms with Gasteiger partial charge < -0.3 is 4.74 Å². The van der Waals surface area contributed by atoms with Crippen molar-refractivity contribution >= 4 is 10.8 Å². The van der Waals surface area contributed by atoms with Crippen LogP contribution < -0.4 is 4.74 Å². The van der Waals surface area contributed by atoms with E-state index in [4.69, 9.17) is 4.74 Å². The molecular weight excluding hydrogens is 238 g/mol. The van der Waals surface area contributed by atoms with Crippen molar-refractivity contribution < 1.29 is 4.74 Å². The van der Waals surface area contributed by atoms with Gasteiger partial charge in [0, 0.05) is 17.3 Å². The van der Waals surface area contributed by atoms with Crippen molar-refractivity contribution in [1.29, 1.82) is 0 Å². The highest BCUT2D eigenvalue weighted by Crippen LogP contribution is 2.24. The van der Waals surface area contributed by atoms with Gasteiger partial charge in [-0.15, -0.1) is 0 Å². The van der Waals surface area contributed by atoms with Crippen molar-refractivity contribution in [2.45, 2.75) is 13.8 Å². The molecule has 2 aromatic heterocycles. The minimum Gasteiger partial charge on any atom is -0.497 e. The first-order chi connectivity index (χ1) is 9.17. The number of aromatic nitrogens is 3. The van der Waals surface area contributed by atoms with Gasteiger partial charge in [0.1, 0.15) is 17.9 Å². The molecular formula is C15H15N3O. The smallest absolute Gasteiger partial charge is 0.138 e. The van der Waals surface area contributed by atoms with E-state index in [0.717, 1.165) is 33.7 Å². The molecule has 0 aliphatic carbocycles. The maximum atomic E-state index is 5.27. The lowest BCUT2D eigenvalue weighted by Gasteiger charge is -2.08. The summed E-state index contributed by atoms with van der Waals surface area (Å²) in [5.41, 5.74) is 1.98. The van der Waals surface area contributed by atoms with E-state index in [1.165, 1.54) is 0 Å². The number of nitrogens with zero attached hydrogens (tertiary/aromatic N) is 3. The number of imidazole rings is 1. The molecule has 0 fully saturated rings. The van der Waals surface area contributed by atoms with Crippen molar-refractivity contribution in [2.24, 2.45) is 0 Å². The van der Waals surface area contributed by atoms with Crippen LogP contribution in [0.2, 0.25) is 0 Å². The third-order valence-corrected chi connectivity index (χ3v) is 3.19. The van der Waals surface area contributed by atoms with E-state index >= 15 is 0 Å². The summed E-state index contributed by atoms with van der Waals surface area (Å²) < 4.78 is 7.20. The van der Waals surface area contributed by atoms with E-state index in [-0.39, 0.29) is 0 Å². The number of fused-ring (bicyclic) bond motifs is 1. The van der Waals surface area contributed by atoms with Crippen LogP contribution in [-0.4, -0.2) is 21.6 Å². The highest BCUT2D eigenvalue weighted by atomic mass is 16.5. The molecule has 0 unspecified atom stereocenters. The van der Waals surface area contributed by atoms with Crippen LogP contribution in [0.3, 0.4) is 0 Å². The number of rotatable bonds is 2. The topological polar surface area (TPSA) is 39.9 Å². The molecule has 0 aliphatic rings. The first kappa shape index (κ1) is 11.7. The van der Waals surface area contributed by atoms with E-state index in [9.17, 15) is 0 Å². The Morgan fingerprint density at radius 1 is 1.16 bits per heavy atom. The van der Waals surface area contributed by atoms with Crippen molar-refractivity contribution in [2.75, 3.05) is 7.11 Å². The Labute approximate surface area is 111 Å². The summed E-state index contributed by atoms with van der Waals surface area (Å²) in [7, 11) is 1.68. The molecule has 3 rings (SSSR count). The molecule has 96 valence electrons. The summed E-state index contributed by atoms with van der Waals surface area (Å²) in [5.74, 6) is 1.73. The van der Waals surface area contributed by atoms with Crippen LogP contribution in [-0.2, 0) is 0 Å². The molecule has 0 spiro atoms. The van der Waals surface area contributed by atoms with Gasteiger partial charge in [-0.3, -0.25) is 4.57 Å². The molecule has 0 amide bonds. The lowest BCUT2D eigenvalue weighted by Crippen LogP contribution is -1.97. The van der Waals surface area contributed by atoms with Gasteiger partial charge in [-0.25, -0.2) is 9.97 Å². The predicted octanol–water partition coefficient (Wildman–Crippen LogP) is 3.05. The SMILES string of the molecule is COc1ccc2c(C)nc(-n3cnc(C)c3)cc2c1. The van der Waals surface area contributed by atoms with Crippen LogP contribution in [0.4, 0.5) is 0 Å². The van der Waals surface area contributed by atoms with E-state index < -0.39 is 0 Å². The van der Waals surface area contributed by atoms with Crippen LogP contribution in [0.15, 0.2) is 36.8 Å². The fourth-order valence-electron chi connectivity index (χ4n) is 2.20. The Morgan fingerprint density at radius 3 is 2.68 bits per heavy atom. The molecule has 3 aromatic rings. The Kier molecular flexibility index (Phi) is 2.71. The zero-order valence-electron chi connectivity index (χ0n) is 11.2. The standard InChI is InChI=1S/C15H15N3O/c1-10-8-18(9-16-10)15-7-12-6-13(19-3)4-5-14(12)11(2)17-15/h4-9H,1-3H3. The highest BCUT2D eigenvalue weighted by Gasteiger charge is 2.06. The summed E-state index contributed by atoms with van der Waals surface area (Å²) >= 11 is 0. The van der Waals surface area contributed by atoms with Gasteiger partial charge in [-0.05, 0) is 43.5 Å². The van der Waals surface area contributed by atoms with Crippen molar-refractivity contribution in [3.63, 3.8) is 0 Å². The molecule has 4 heteroatoms. The highest BCUT2D eigenvalue weighted by molar-refractivity contribution is 5.87. The van der Waals surface area contributed by atoms with Crippen LogP contribution in [0.25, 0.3) is 16.6 Å². The van der Waals surface area contributed by atoms with Crippen LogP contribution >= 0.6 is 0 Å². The molecule has 0 aliphatic heterocycles. The molecule has 0 atom stereocenters. The second-order valence-corrected chi connectivity index (χ2v) is 4.58. The normalized spacial score (nSPS) is 10.9. The average molecular weight is 253 g/mol. The van der Waals surface area contributed by atoms with E-state index in [1.54, 1.807) is 13.4 Å². The third kappa shape index (κ3) is 2.05. The number of benzene rings is 1. The molecule has 1 aromatic carbocycles. The maximum Gasteiger partial charge on any atom is 0.138 e. The monoisotopic (exact) mass is 253 g/mol. The van der Waals surface area contributed by atoms with Crippen LogP contribution in [0, 0.1) is 13.8 Å². The Balaban J connectivity index is 2.22. The van der Waals surface area contributed by atoms with Gasteiger partial charge in [-0.2, -0.15) is 0 Å². The Morgan fingerprint density at radius 2 is 2.00 bits per heavy atom. The summed E-state index contributed by atoms with van der Waals surface area (Å²) in [6, 6.07) is 8.07. The molecule has 19 heavy (non-hydrogen) atoms. The van der Waals surface area contributed by atoms with Crippen molar-refractivity contribution in [3.05, 3.63) is 48.2 Å². The minimum absolute atomic E-state index is 0.853. The van der Waals surface area contributed by atoms with E-state index in [1.807, 2.05) is 48.9 Å². The summed E-state index contributed by atoms with van der Waals surface area (Å²) in [4.78, 5) is 8.86. The number of aryl methyl sites for hydroxylation is 2. The third-order valence-electron chi connectivity index (χ3n) is 3.19. The number of hydrogen-bond acceptors (Lipinski definition) is 3. The predicted molar refractivity (Wildman–Crippen MR) is 74.9 cm³/mol. The van der Waals surface area contributed by atoms with E-state index in [2.05, 4.69) is 9.97 Å². The lowest BCUT2D eigenvalue weighted by molar-refractivity contribution is 0.415. The quantitative estimate of drug-likeness (QED) is 0.704. The number of methoxy groups -OCH3 is 1. The van der Waals surface area contributed by atoms with Gasteiger partial charge in [-0.1, -0.05) is 0 Å². The largest absolute Gasteiger partial charge is 0.497 e. The lowest BCUT2D eigenvalue weighted by atomic mass is 10.1. The number of hydrogen-bond donors (Lipinski definition) is 0. The van der Waals surface area contributed by atoms with Gasteiger partial charge in [0.2, 0.25) is 0 Å². The molecule has 0 bridgehead atoms. The first-order valence-electron chi connectivity index (χ1n) is 6.14. The summed E-state index contributed by atoms with van der Waals surface area (Å²) in [5, 5.41) is 2.26. The zero-order valence-corrected chi connectivity index (χ0v) is 11.2. The number of ether oxygens (including phenoxy) is 1. The van der Waals surface area contributed by atoms with Gasteiger partial charge in [0.15, 0.2) is 0 Å². The Hall–Kier alpha value is -2.36. The molecule has 0 N–H and O–H groups in total. The van der Waals surface area contributed by atoms with Crippen LogP contribution in [0.1, 0.15) is 11.4 Å². The molecule has 0 radical (unpaired) electrons. The van der Waals surface area contributed by atoms with Gasteiger partial charge >= 0.3 is 0 Å². The molecule has 0 saturated heterocycles. The van der Waals surface area contributed by atoms with Crippen molar-refractivity contribution in [3.8, 4) is 11.6 Å². The van der Waals surface area contributed by atoms with Gasteiger partial charge in [0.05, 0.1) is 12.8 Å². The van der Waals surface area contributed by atoms with Crippen LogP contribution in [0.5, 0.6) is 5.75 Å². The second kappa shape index (κ2) is 4.39. The summed E-state index contributed by atoms with van der Waals surface area (Å²) in [6.07, 6.45) is 3.75. The molecule has 4 nitrogen and oxygen atoms in total. The minimum atomic E-state index is 0.853. The molecule has 2 heterocycles. The summed E-state index contributed by atoms with van der Waals surface area (Å²) in [6.45, 7) is 3.98. The first-order valence-corrected chi connectivity index (χ1v) is 6.14. The van der Waals surface area contributed by atoms with Gasteiger partial charge in [0.25, 0.3) is 0 Å². The van der Waals surface area contributed by atoms with E-state index in [0.29, 0.717) is 0 Å². The maximum absolute atomic E-state index is 5.27. The van der Waals surface area contributed by atoms with Crippen molar-refractivity contribution in [1.82, 2.24) is 14.5 Å². The molecule has 0 saturated carbocycles.